The Kier molecular flexibility index (Phi) is 5.65. The van der Waals surface area contributed by atoms with Crippen LogP contribution in [-0.4, -0.2) is 23.4 Å². The van der Waals surface area contributed by atoms with Crippen LogP contribution in [0, 0.1) is 5.82 Å². The second-order valence-electron chi connectivity index (χ2n) is 9.03. The third-order valence-corrected chi connectivity index (χ3v) is 7.79. The number of nitrogens with one attached hydrogen (secondary N) is 1. The molecular formula is C29H21FN4O3S. The van der Waals surface area contributed by atoms with Crippen molar-refractivity contribution in [3.63, 3.8) is 0 Å². The van der Waals surface area contributed by atoms with E-state index < -0.39 is 23.3 Å². The summed E-state index contributed by atoms with van der Waals surface area (Å²) >= 11 is 1.11. The van der Waals surface area contributed by atoms with Crippen LogP contribution < -0.4 is 25.1 Å². The van der Waals surface area contributed by atoms with Gasteiger partial charge in [0.05, 0.1) is 28.6 Å². The van der Waals surface area contributed by atoms with Gasteiger partial charge < -0.3 is 10.2 Å². The predicted octanol–water partition coefficient (Wildman–Crippen LogP) is 3.36. The van der Waals surface area contributed by atoms with Crippen molar-refractivity contribution in [3.8, 4) is 0 Å². The minimum atomic E-state index is -0.866. The van der Waals surface area contributed by atoms with Crippen molar-refractivity contribution in [2.75, 3.05) is 17.3 Å². The lowest BCUT2D eigenvalue weighted by atomic mass is 9.95. The monoisotopic (exact) mass is 524 g/mol. The van der Waals surface area contributed by atoms with Gasteiger partial charge in [0, 0.05) is 18.3 Å². The molecule has 0 aliphatic carbocycles. The summed E-state index contributed by atoms with van der Waals surface area (Å²) in [6, 6.07) is 21.1. The van der Waals surface area contributed by atoms with Gasteiger partial charge in [-0.05, 0) is 42.8 Å². The average molecular weight is 525 g/mol. The number of amides is 2. The average Bonchev–Trinajstić information content (AvgIpc) is 3.36. The lowest BCUT2D eigenvalue weighted by Crippen LogP contribution is -2.41. The molecule has 4 aromatic rings. The highest BCUT2D eigenvalue weighted by molar-refractivity contribution is 7.07. The maximum absolute atomic E-state index is 14.0. The van der Waals surface area contributed by atoms with Crippen molar-refractivity contribution in [1.29, 1.82) is 0 Å². The number of thiazole rings is 1. The van der Waals surface area contributed by atoms with Gasteiger partial charge in [-0.25, -0.2) is 9.38 Å². The summed E-state index contributed by atoms with van der Waals surface area (Å²) in [7, 11) is 1.67. The number of para-hydroxylation sites is 2. The molecule has 6 rings (SSSR count). The maximum atomic E-state index is 14.0. The van der Waals surface area contributed by atoms with Crippen LogP contribution in [0.1, 0.15) is 24.1 Å². The molecule has 2 aliphatic rings. The van der Waals surface area contributed by atoms with Gasteiger partial charge in [0.25, 0.3) is 17.4 Å². The number of hydrogen-bond acceptors (Lipinski definition) is 5. The molecule has 0 fully saturated rings. The van der Waals surface area contributed by atoms with Gasteiger partial charge in [-0.1, -0.05) is 59.9 Å². The van der Waals surface area contributed by atoms with Crippen LogP contribution in [0.15, 0.2) is 99.9 Å². The van der Waals surface area contributed by atoms with Crippen LogP contribution >= 0.6 is 11.3 Å². The summed E-state index contributed by atoms with van der Waals surface area (Å²) in [4.78, 5) is 47.4. The zero-order chi connectivity index (χ0) is 26.6. The largest absolute Gasteiger partial charge is 0.322 e. The van der Waals surface area contributed by atoms with Crippen molar-refractivity contribution in [2.24, 2.45) is 4.99 Å². The SMILES string of the molecule is CC1=C(C(=O)Nc2ccccc2)[C@H](c2ccc(F)cc2)n2c(s/c(=C3\C(=O)N(C)c4ccccc43)c2=O)=N1. The first-order chi connectivity index (χ1) is 18.3. The highest BCUT2D eigenvalue weighted by Crippen LogP contribution is 2.34. The number of likely N-dealkylation sites (N-methyl/N-ethyl adjacent to an activating group) is 1. The fourth-order valence-electron chi connectivity index (χ4n) is 4.93. The number of nitrogens with zero attached hydrogens (tertiary/aromatic N) is 3. The summed E-state index contributed by atoms with van der Waals surface area (Å²) in [5.41, 5.74) is 3.09. The molecule has 0 saturated heterocycles. The van der Waals surface area contributed by atoms with Gasteiger partial charge in [-0.15, -0.1) is 0 Å². The molecule has 1 atom stereocenters. The molecule has 1 aromatic heterocycles. The Morgan fingerprint density at radius 3 is 2.39 bits per heavy atom. The first-order valence-electron chi connectivity index (χ1n) is 11.9. The second kappa shape index (κ2) is 9.04. The molecule has 0 saturated carbocycles. The summed E-state index contributed by atoms with van der Waals surface area (Å²) in [5, 5.41) is 2.88. The van der Waals surface area contributed by atoms with E-state index in [9.17, 15) is 18.8 Å². The number of anilines is 2. The number of rotatable bonds is 3. The van der Waals surface area contributed by atoms with Crippen molar-refractivity contribution in [3.05, 3.63) is 127 Å². The van der Waals surface area contributed by atoms with Crippen LogP contribution in [0.2, 0.25) is 0 Å². The topological polar surface area (TPSA) is 83.8 Å². The zero-order valence-corrected chi connectivity index (χ0v) is 21.3. The van der Waals surface area contributed by atoms with Gasteiger partial charge in [0.2, 0.25) is 0 Å². The van der Waals surface area contributed by atoms with Crippen molar-refractivity contribution < 1.29 is 14.0 Å². The number of hydrogen-bond donors (Lipinski definition) is 1. The third-order valence-electron chi connectivity index (χ3n) is 6.74. The molecule has 9 heteroatoms. The van der Waals surface area contributed by atoms with Crippen molar-refractivity contribution in [1.82, 2.24) is 4.57 Å². The van der Waals surface area contributed by atoms with Gasteiger partial charge >= 0.3 is 0 Å². The van der Waals surface area contributed by atoms with Crippen LogP contribution in [-0.2, 0) is 9.59 Å². The van der Waals surface area contributed by atoms with Gasteiger partial charge in [-0.2, -0.15) is 0 Å². The van der Waals surface area contributed by atoms with Crippen LogP contribution in [0.25, 0.3) is 5.57 Å². The molecule has 2 aliphatic heterocycles. The van der Waals surface area contributed by atoms with E-state index >= 15 is 0 Å². The highest BCUT2D eigenvalue weighted by atomic mass is 32.1. The van der Waals surface area contributed by atoms with E-state index in [1.807, 2.05) is 30.3 Å². The Morgan fingerprint density at radius 1 is 0.974 bits per heavy atom. The van der Waals surface area contributed by atoms with E-state index in [-0.39, 0.29) is 16.0 Å². The predicted molar refractivity (Wildman–Crippen MR) is 144 cm³/mol. The fourth-order valence-corrected chi connectivity index (χ4v) is 6.07. The van der Waals surface area contributed by atoms with Crippen LogP contribution in [0.3, 0.4) is 0 Å². The molecule has 188 valence electrons. The van der Waals surface area contributed by atoms with Gasteiger partial charge in [-0.3, -0.25) is 19.0 Å². The molecule has 38 heavy (non-hydrogen) atoms. The molecule has 0 bridgehead atoms. The van der Waals surface area contributed by atoms with E-state index in [0.29, 0.717) is 38.6 Å². The minimum Gasteiger partial charge on any atom is -0.322 e. The zero-order valence-electron chi connectivity index (χ0n) is 20.4. The number of aromatic nitrogens is 1. The molecule has 0 radical (unpaired) electrons. The van der Waals surface area contributed by atoms with Crippen molar-refractivity contribution >= 4 is 40.1 Å². The van der Waals surface area contributed by atoms with Crippen molar-refractivity contribution in [2.45, 2.75) is 13.0 Å². The van der Waals surface area contributed by atoms with Gasteiger partial charge in [0.1, 0.15) is 10.3 Å². The number of carbonyl (C=O) groups excluding carboxylic acids is 2. The third kappa shape index (κ3) is 3.71. The molecule has 0 spiro atoms. The number of halogens is 1. The van der Waals surface area contributed by atoms with E-state index in [0.717, 1.165) is 11.3 Å². The Balaban J connectivity index is 1.59. The molecule has 7 nitrogen and oxygen atoms in total. The molecule has 0 unspecified atom stereocenters. The van der Waals surface area contributed by atoms with E-state index in [1.54, 1.807) is 50.4 Å². The smallest absolute Gasteiger partial charge is 0.271 e. The van der Waals surface area contributed by atoms with E-state index in [4.69, 9.17) is 0 Å². The Morgan fingerprint density at radius 2 is 1.66 bits per heavy atom. The van der Waals surface area contributed by atoms with E-state index in [1.165, 1.54) is 21.6 Å². The standard InChI is InChI=1S/C29H21FN4O3S/c1-16-22(26(35)32-19-8-4-3-5-9-19)24(17-12-14-18(30)15-13-17)34-28(37)25(38-29(34)31-16)23-20-10-6-7-11-21(20)33(2)27(23)36/h3-15,24H,1-2H3,(H,32,35)/b25-23-/t24-/m0/s1. The lowest BCUT2D eigenvalue weighted by molar-refractivity contribution is -0.113. The number of carbonyl (C=O) groups is 2. The lowest BCUT2D eigenvalue weighted by Gasteiger charge is -2.25. The summed E-state index contributed by atoms with van der Waals surface area (Å²) in [5.74, 6) is -1.14. The number of fused-ring (bicyclic) bond motifs is 2. The fraction of sp³-hybridized carbons (Fsp3) is 0.103. The Hall–Kier alpha value is -4.63. The quantitative estimate of drug-likeness (QED) is 0.446. The summed E-state index contributed by atoms with van der Waals surface area (Å²) < 4.78 is 15.5. The van der Waals surface area contributed by atoms with Gasteiger partial charge in [0.15, 0.2) is 4.80 Å². The molecule has 2 amide bonds. The first kappa shape index (κ1) is 23.7. The second-order valence-corrected chi connectivity index (χ2v) is 10.0. The maximum Gasteiger partial charge on any atom is 0.271 e. The summed E-state index contributed by atoms with van der Waals surface area (Å²) in [6.45, 7) is 1.71. The Labute approximate surface area is 220 Å². The van der Waals surface area contributed by atoms with Crippen LogP contribution in [0.5, 0.6) is 0 Å². The molecule has 3 heterocycles. The van der Waals surface area contributed by atoms with Crippen LogP contribution in [0.4, 0.5) is 15.8 Å². The molecular weight excluding hydrogens is 503 g/mol. The summed E-state index contributed by atoms with van der Waals surface area (Å²) in [6.07, 6.45) is 0. The first-order valence-corrected chi connectivity index (χ1v) is 12.7. The minimum absolute atomic E-state index is 0.246. The van der Waals surface area contributed by atoms with E-state index in [2.05, 4.69) is 10.3 Å². The normalized spacial score (nSPS) is 17.7. The number of allylic oxidation sites excluding steroid dienone is 1. The molecule has 3 aromatic carbocycles. The Bertz CT molecular complexity index is 1840. The highest BCUT2D eigenvalue weighted by Gasteiger charge is 2.35. The molecule has 1 N–H and O–H groups in total. The number of benzene rings is 3.